The maximum Gasteiger partial charge on any atom is 0.424 e. The normalized spacial score (nSPS) is 17.2. The number of alkyl halides is 3. The number of carbonyl (C=O) groups is 3. The highest BCUT2D eigenvalue weighted by molar-refractivity contribution is 6.00. The van der Waals surface area contributed by atoms with Gasteiger partial charge in [0.05, 0.1) is 12.2 Å². The molecule has 234 valence electrons. The van der Waals surface area contributed by atoms with Gasteiger partial charge in [-0.3, -0.25) is 19.4 Å². The highest BCUT2D eigenvalue weighted by Gasteiger charge is 2.57. The number of hydrogen-bond acceptors (Lipinski definition) is 8. The van der Waals surface area contributed by atoms with Crippen LogP contribution in [0.1, 0.15) is 28.5 Å². The molecule has 3 heterocycles. The third-order valence-corrected chi connectivity index (χ3v) is 7.43. The first-order valence-corrected chi connectivity index (χ1v) is 13.3. The number of carbonyl (C=O) groups excluding carboxylic acids is 3. The van der Waals surface area contributed by atoms with Crippen molar-refractivity contribution in [2.75, 3.05) is 19.8 Å². The number of nitrogens with one attached hydrogen (secondary N) is 1. The molecule has 5 rings (SSSR count). The Morgan fingerprint density at radius 2 is 1.82 bits per heavy atom. The molecule has 2 atom stereocenters. The number of ether oxygens (including phenoxy) is 2. The first kappa shape index (κ1) is 31.1. The van der Waals surface area contributed by atoms with E-state index in [1.807, 2.05) is 0 Å². The molecule has 0 unspecified atom stereocenters. The molecule has 0 spiro atoms. The molecule has 0 aliphatic carbocycles. The number of fused-ring (bicyclic) bond motifs is 2. The zero-order valence-electron chi connectivity index (χ0n) is 23.4. The maximum absolute atomic E-state index is 14.7. The molecule has 11 nitrogen and oxygen atoms in total. The molecule has 2 aromatic carbocycles. The first-order chi connectivity index (χ1) is 21.1. The van der Waals surface area contributed by atoms with Crippen molar-refractivity contribution in [3.05, 3.63) is 83.4 Å². The van der Waals surface area contributed by atoms with Crippen molar-refractivity contribution < 1.29 is 46.5 Å². The molecule has 4 aromatic rings. The number of nitrogens with zero attached hydrogens (tertiary/aromatic N) is 2. The molecule has 45 heavy (non-hydrogen) atoms. The van der Waals surface area contributed by atoms with Crippen molar-refractivity contribution in [2.45, 2.75) is 24.1 Å². The molecule has 2 aromatic heterocycles. The van der Waals surface area contributed by atoms with E-state index in [0.29, 0.717) is 5.39 Å². The van der Waals surface area contributed by atoms with Crippen molar-refractivity contribution >= 4 is 28.6 Å². The summed E-state index contributed by atoms with van der Waals surface area (Å²) >= 11 is 0. The predicted molar refractivity (Wildman–Crippen MR) is 150 cm³/mol. The second-order valence-corrected chi connectivity index (χ2v) is 10.6. The van der Waals surface area contributed by atoms with E-state index in [2.05, 4.69) is 15.3 Å². The van der Waals surface area contributed by atoms with Gasteiger partial charge in [-0.05, 0) is 55.5 Å². The van der Waals surface area contributed by atoms with Gasteiger partial charge in [0.1, 0.15) is 40.5 Å². The SMILES string of the molecule is C[C@]1(C(N)=O)COc2c1cc([C@@](O)(CNC(=O)c1cc(OCC(N)=O)c3ncccc3c1)C(F)(F)F)nc2-c1ccc(F)cc1. The van der Waals surface area contributed by atoms with E-state index in [1.165, 1.54) is 31.3 Å². The number of aromatic nitrogens is 2. The number of benzene rings is 2. The number of rotatable bonds is 9. The lowest BCUT2D eigenvalue weighted by molar-refractivity contribution is -0.265. The number of nitrogens with two attached hydrogens (primary N) is 2. The Labute approximate surface area is 252 Å². The summed E-state index contributed by atoms with van der Waals surface area (Å²) < 4.78 is 68.8. The number of aliphatic hydroxyl groups is 1. The first-order valence-electron chi connectivity index (χ1n) is 13.3. The van der Waals surface area contributed by atoms with E-state index >= 15 is 0 Å². The fourth-order valence-electron chi connectivity index (χ4n) is 4.80. The fraction of sp³-hybridized carbons (Fsp3) is 0.233. The number of amides is 3. The molecule has 1 aliphatic heterocycles. The number of halogens is 4. The molecule has 15 heteroatoms. The fourth-order valence-corrected chi connectivity index (χ4v) is 4.80. The van der Waals surface area contributed by atoms with Crippen molar-refractivity contribution in [3.8, 4) is 22.8 Å². The summed E-state index contributed by atoms with van der Waals surface area (Å²) in [7, 11) is 0. The van der Waals surface area contributed by atoms with Crippen LogP contribution in [0.5, 0.6) is 11.5 Å². The highest BCUT2D eigenvalue weighted by Crippen LogP contribution is 2.47. The van der Waals surface area contributed by atoms with Crippen molar-refractivity contribution in [3.63, 3.8) is 0 Å². The molecule has 0 saturated carbocycles. The summed E-state index contributed by atoms with van der Waals surface area (Å²) in [6.07, 6.45) is -3.98. The van der Waals surface area contributed by atoms with Crippen LogP contribution < -0.4 is 26.3 Å². The predicted octanol–water partition coefficient (Wildman–Crippen LogP) is 2.62. The van der Waals surface area contributed by atoms with E-state index in [0.717, 1.165) is 24.3 Å². The van der Waals surface area contributed by atoms with Gasteiger partial charge < -0.3 is 31.4 Å². The van der Waals surface area contributed by atoms with Crippen molar-refractivity contribution in [1.82, 2.24) is 15.3 Å². The van der Waals surface area contributed by atoms with Gasteiger partial charge in [-0.1, -0.05) is 6.07 Å². The van der Waals surface area contributed by atoms with Gasteiger partial charge in [0.2, 0.25) is 11.5 Å². The monoisotopic (exact) mass is 627 g/mol. The third kappa shape index (κ3) is 5.69. The van der Waals surface area contributed by atoms with Crippen molar-refractivity contribution in [2.24, 2.45) is 11.5 Å². The van der Waals surface area contributed by atoms with Crippen LogP contribution in [-0.2, 0) is 20.6 Å². The Balaban J connectivity index is 1.57. The van der Waals surface area contributed by atoms with Crippen LogP contribution in [-0.4, -0.2) is 58.7 Å². The average Bonchev–Trinajstić information content (AvgIpc) is 3.35. The van der Waals surface area contributed by atoms with Crippen LogP contribution in [0.25, 0.3) is 22.2 Å². The zero-order valence-corrected chi connectivity index (χ0v) is 23.4. The number of primary amides is 2. The third-order valence-electron chi connectivity index (χ3n) is 7.43. The van der Waals surface area contributed by atoms with Crippen LogP contribution in [0.4, 0.5) is 17.6 Å². The minimum Gasteiger partial charge on any atom is -0.489 e. The van der Waals surface area contributed by atoms with Crippen molar-refractivity contribution in [1.29, 1.82) is 0 Å². The maximum atomic E-state index is 14.7. The van der Waals surface area contributed by atoms with Crippen LogP contribution >= 0.6 is 0 Å². The van der Waals surface area contributed by atoms with E-state index < -0.39 is 59.6 Å². The Hall–Kier alpha value is -5.31. The Morgan fingerprint density at radius 3 is 2.47 bits per heavy atom. The molecule has 0 bridgehead atoms. The second-order valence-electron chi connectivity index (χ2n) is 10.6. The van der Waals surface area contributed by atoms with Crippen LogP contribution in [0.3, 0.4) is 0 Å². The largest absolute Gasteiger partial charge is 0.489 e. The van der Waals surface area contributed by atoms with Crippen LogP contribution in [0.15, 0.2) is 60.8 Å². The van der Waals surface area contributed by atoms with Crippen LogP contribution in [0, 0.1) is 5.82 Å². The van der Waals surface area contributed by atoms with E-state index in [4.69, 9.17) is 20.9 Å². The lowest BCUT2D eigenvalue weighted by atomic mass is 9.81. The van der Waals surface area contributed by atoms with Gasteiger partial charge in [-0.2, -0.15) is 13.2 Å². The molecule has 0 fully saturated rings. The average molecular weight is 628 g/mol. The number of pyridine rings is 2. The highest BCUT2D eigenvalue weighted by atomic mass is 19.4. The Morgan fingerprint density at radius 1 is 1.11 bits per heavy atom. The smallest absolute Gasteiger partial charge is 0.424 e. The molecule has 0 saturated heterocycles. The molecule has 0 radical (unpaired) electrons. The Bertz CT molecular complexity index is 1830. The van der Waals surface area contributed by atoms with E-state index in [9.17, 15) is 37.1 Å². The molecular weight excluding hydrogens is 602 g/mol. The van der Waals surface area contributed by atoms with Gasteiger partial charge in [-0.15, -0.1) is 0 Å². The molecular formula is C30H25F4N5O6. The minimum atomic E-state index is -5.41. The molecule has 6 N–H and O–H groups in total. The van der Waals surface area contributed by atoms with E-state index in [-0.39, 0.29) is 46.0 Å². The quantitative estimate of drug-likeness (QED) is 0.205. The van der Waals surface area contributed by atoms with Gasteiger partial charge >= 0.3 is 6.18 Å². The standard InChI is InChI=1S/C30H25F4N5O6/c1-28(27(36)42)14-45-25-19(28)11-21(39-24(25)15-4-6-18(31)7-5-15)29(43,30(32,33)34)13-38-26(41)17-9-16-3-2-8-37-23(16)20(10-17)44-12-22(35)40/h2-11,43H,12-14H2,1H3,(H2,35,40)(H2,36,42)(H,38,41)/t28-,29-/m0/s1. The summed E-state index contributed by atoms with van der Waals surface area (Å²) in [4.78, 5) is 45.0. The Kier molecular flexibility index (Phi) is 7.83. The number of hydrogen-bond donors (Lipinski definition) is 4. The summed E-state index contributed by atoms with van der Waals surface area (Å²) in [6.45, 7) is -0.936. The van der Waals surface area contributed by atoms with Gasteiger partial charge in [-0.25, -0.2) is 9.37 Å². The lowest BCUT2D eigenvalue weighted by Crippen LogP contribution is -2.51. The molecule has 3 amide bonds. The van der Waals surface area contributed by atoms with Crippen LogP contribution in [0.2, 0.25) is 0 Å². The minimum absolute atomic E-state index is 0.0295. The van der Waals surface area contributed by atoms with Gasteiger partial charge in [0, 0.05) is 28.3 Å². The second kappa shape index (κ2) is 11.3. The summed E-state index contributed by atoms with van der Waals surface area (Å²) in [6, 6.07) is 11.0. The van der Waals surface area contributed by atoms with Gasteiger partial charge in [0.15, 0.2) is 6.61 Å². The molecule has 1 aliphatic rings. The van der Waals surface area contributed by atoms with E-state index in [1.54, 1.807) is 12.1 Å². The van der Waals surface area contributed by atoms with Gasteiger partial charge in [0.25, 0.3) is 11.8 Å². The summed E-state index contributed by atoms with van der Waals surface area (Å²) in [5, 5.41) is 13.7. The zero-order chi connectivity index (χ0) is 32.7. The topological polar surface area (TPSA) is 180 Å². The summed E-state index contributed by atoms with van der Waals surface area (Å²) in [5.74, 6) is -3.49. The summed E-state index contributed by atoms with van der Waals surface area (Å²) in [5.41, 5.74) is 4.28. The lowest BCUT2D eigenvalue weighted by Gasteiger charge is -2.31.